The van der Waals surface area contributed by atoms with Crippen molar-refractivity contribution in [2.75, 3.05) is 44.2 Å². The lowest BCUT2D eigenvalue weighted by atomic mass is 10.1. The predicted molar refractivity (Wildman–Crippen MR) is 87.4 cm³/mol. The van der Waals surface area contributed by atoms with Crippen LogP contribution >= 0.6 is 0 Å². The summed E-state index contributed by atoms with van der Waals surface area (Å²) < 4.78 is 0. The molecule has 20 heavy (non-hydrogen) atoms. The van der Waals surface area contributed by atoms with Gasteiger partial charge in [-0.05, 0) is 30.5 Å². The van der Waals surface area contributed by atoms with Gasteiger partial charge >= 0.3 is 0 Å². The Bertz CT molecular complexity index is 380. The maximum absolute atomic E-state index is 3.41. The minimum Gasteiger partial charge on any atom is -0.372 e. The average Bonchev–Trinajstić information content (AvgIpc) is 2.48. The van der Waals surface area contributed by atoms with E-state index in [0.29, 0.717) is 0 Å². The Morgan fingerprint density at radius 2 is 1.80 bits per heavy atom. The third-order valence-electron chi connectivity index (χ3n) is 3.88. The van der Waals surface area contributed by atoms with Crippen LogP contribution in [0, 0.1) is 0 Å². The molecule has 0 atom stereocenters. The molecule has 0 bridgehead atoms. The summed E-state index contributed by atoms with van der Waals surface area (Å²) >= 11 is 0. The molecule has 0 unspecified atom stereocenters. The summed E-state index contributed by atoms with van der Waals surface area (Å²) in [7, 11) is 0. The van der Waals surface area contributed by atoms with Crippen molar-refractivity contribution in [3.8, 4) is 0 Å². The minimum absolute atomic E-state index is 1.08. The van der Waals surface area contributed by atoms with Crippen LogP contribution in [0.2, 0.25) is 0 Å². The molecule has 1 N–H and O–H groups in total. The third kappa shape index (κ3) is 4.50. The van der Waals surface area contributed by atoms with Crippen LogP contribution < -0.4 is 10.2 Å². The molecule has 3 heteroatoms. The van der Waals surface area contributed by atoms with E-state index in [1.807, 2.05) is 0 Å². The minimum atomic E-state index is 1.08. The lowest BCUT2D eigenvalue weighted by Crippen LogP contribution is -2.42. The van der Waals surface area contributed by atoms with E-state index >= 15 is 0 Å². The zero-order chi connectivity index (χ0) is 14.2. The Kier molecular flexibility index (Phi) is 6.34. The second-order valence-corrected chi connectivity index (χ2v) is 5.68. The van der Waals surface area contributed by atoms with Gasteiger partial charge in [0.05, 0.1) is 0 Å². The number of rotatable bonds is 7. The van der Waals surface area contributed by atoms with Crippen molar-refractivity contribution in [1.82, 2.24) is 10.2 Å². The Balaban J connectivity index is 2.01. The van der Waals surface area contributed by atoms with Gasteiger partial charge in [0.15, 0.2) is 0 Å². The number of anilines is 1. The highest BCUT2D eigenvalue weighted by molar-refractivity contribution is 5.48. The highest BCUT2D eigenvalue weighted by Crippen LogP contribution is 2.18. The Morgan fingerprint density at radius 3 is 2.45 bits per heavy atom. The Morgan fingerprint density at radius 1 is 1.10 bits per heavy atom. The first-order chi connectivity index (χ1) is 9.83. The van der Waals surface area contributed by atoms with Gasteiger partial charge in [0.25, 0.3) is 0 Å². The van der Waals surface area contributed by atoms with Crippen molar-refractivity contribution in [3.05, 3.63) is 29.8 Å². The molecule has 0 radical (unpaired) electrons. The van der Waals surface area contributed by atoms with Crippen LogP contribution in [0.25, 0.3) is 0 Å². The summed E-state index contributed by atoms with van der Waals surface area (Å²) in [6, 6.07) is 9.12. The second kappa shape index (κ2) is 8.28. The molecule has 0 saturated carbocycles. The van der Waals surface area contributed by atoms with Gasteiger partial charge in [-0.2, -0.15) is 0 Å². The van der Waals surface area contributed by atoms with Gasteiger partial charge in [0, 0.05) is 51.5 Å². The predicted octanol–water partition coefficient (Wildman–Crippen LogP) is 2.72. The van der Waals surface area contributed by atoms with Gasteiger partial charge in [-0.3, -0.25) is 4.90 Å². The van der Waals surface area contributed by atoms with Crippen LogP contribution in [0.1, 0.15) is 32.3 Å². The van der Waals surface area contributed by atoms with Crippen LogP contribution in [-0.4, -0.2) is 44.2 Å². The summed E-state index contributed by atoms with van der Waals surface area (Å²) in [5.41, 5.74) is 2.84. The molecular weight excluding hydrogens is 246 g/mol. The van der Waals surface area contributed by atoms with Crippen molar-refractivity contribution in [3.63, 3.8) is 0 Å². The average molecular weight is 275 g/mol. The maximum Gasteiger partial charge on any atom is 0.0369 e. The summed E-state index contributed by atoms with van der Waals surface area (Å²) in [4.78, 5) is 5.06. The number of nitrogens with one attached hydrogen (secondary N) is 1. The van der Waals surface area contributed by atoms with Gasteiger partial charge in [0.1, 0.15) is 0 Å². The van der Waals surface area contributed by atoms with Crippen molar-refractivity contribution >= 4 is 5.69 Å². The smallest absolute Gasteiger partial charge is 0.0369 e. The van der Waals surface area contributed by atoms with Crippen molar-refractivity contribution < 1.29 is 0 Å². The second-order valence-electron chi connectivity index (χ2n) is 5.68. The van der Waals surface area contributed by atoms with Crippen molar-refractivity contribution in [1.29, 1.82) is 0 Å². The quantitative estimate of drug-likeness (QED) is 0.825. The number of nitrogens with zero attached hydrogens (tertiary/aromatic N) is 2. The summed E-state index contributed by atoms with van der Waals surface area (Å²) in [6.07, 6.45) is 2.42. The van der Waals surface area contributed by atoms with Gasteiger partial charge in [0.2, 0.25) is 0 Å². The highest BCUT2D eigenvalue weighted by Gasteiger charge is 2.11. The number of benzene rings is 1. The van der Waals surface area contributed by atoms with E-state index in [0.717, 1.165) is 45.8 Å². The zero-order valence-electron chi connectivity index (χ0n) is 13.1. The fourth-order valence-corrected chi connectivity index (χ4v) is 2.89. The number of piperazine rings is 1. The maximum atomic E-state index is 3.41. The standard InChI is InChI=1S/C17H29N3/c1-3-10-20(11-4-2)17-7-5-6-16(14-17)15-19-12-8-18-9-13-19/h5-7,14,18H,3-4,8-13,15H2,1-2H3. The lowest BCUT2D eigenvalue weighted by molar-refractivity contribution is 0.233. The first kappa shape index (κ1) is 15.3. The molecule has 1 aliphatic rings. The lowest BCUT2D eigenvalue weighted by Gasteiger charge is -2.28. The third-order valence-corrected chi connectivity index (χ3v) is 3.88. The molecule has 0 aliphatic carbocycles. The fraction of sp³-hybridized carbons (Fsp3) is 0.647. The first-order valence-corrected chi connectivity index (χ1v) is 8.10. The molecule has 112 valence electrons. The van der Waals surface area contributed by atoms with Crippen molar-refractivity contribution in [2.45, 2.75) is 33.2 Å². The summed E-state index contributed by atoms with van der Waals surface area (Å²) in [5, 5.41) is 3.41. The molecule has 1 aromatic carbocycles. The van der Waals surface area contributed by atoms with Gasteiger partial charge in [-0.1, -0.05) is 26.0 Å². The molecule has 1 heterocycles. The number of hydrogen-bond acceptors (Lipinski definition) is 3. The van der Waals surface area contributed by atoms with E-state index < -0.39 is 0 Å². The van der Waals surface area contributed by atoms with Crippen LogP contribution in [0.4, 0.5) is 5.69 Å². The molecule has 3 nitrogen and oxygen atoms in total. The van der Waals surface area contributed by atoms with Crippen LogP contribution in [0.15, 0.2) is 24.3 Å². The molecule has 1 aliphatic heterocycles. The molecule has 0 amide bonds. The van der Waals surface area contributed by atoms with E-state index in [2.05, 4.69) is 53.2 Å². The molecular formula is C17H29N3. The molecule has 0 spiro atoms. The largest absolute Gasteiger partial charge is 0.372 e. The molecule has 1 aromatic rings. The number of hydrogen-bond donors (Lipinski definition) is 1. The molecule has 0 aromatic heterocycles. The SMILES string of the molecule is CCCN(CCC)c1cccc(CN2CCNCC2)c1. The van der Waals surface area contributed by atoms with Crippen LogP contribution in [0.5, 0.6) is 0 Å². The van der Waals surface area contributed by atoms with Gasteiger partial charge in [-0.25, -0.2) is 0 Å². The summed E-state index contributed by atoms with van der Waals surface area (Å²) in [6.45, 7) is 12.5. The Labute approximate surface area is 124 Å². The van der Waals surface area contributed by atoms with E-state index in [-0.39, 0.29) is 0 Å². The van der Waals surface area contributed by atoms with Crippen LogP contribution in [-0.2, 0) is 6.54 Å². The molecule has 2 rings (SSSR count). The Hall–Kier alpha value is -1.06. The van der Waals surface area contributed by atoms with E-state index in [9.17, 15) is 0 Å². The highest BCUT2D eigenvalue weighted by atomic mass is 15.2. The summed E-state index contributed by atoms with van der Waals surface area (Å²) in [5.74, 6) is 0. The van der Waals surface area contributed by atoms with E-state index in [1.165, 1.54) is 24.1 Å². The monoisotopic (exact) mass is 275 g/mol. The van der Waals surface area contributed by atoms with Crippen molar-refractivity contribution in [2.24, 2.45) is 0 Å². The van der Waals surface area contributed by atoms with Gasteiger partial charge < -0.3 is 10.2 Å². The fourth-order valence-electron chi connectivity index (χ4n) is 2.89. The molecule has 1 saturated heterocycles. The zero-order valence-corrected chi connectivity index (χ0v) is 13.1. The first-order valence-electron chi connectivity index (χ1n) is 8.10. The van der Waals surface area contributed by atoms with E-state index in [4.69, 9.17) is 0 Å². The normalized spacial score (nSPS) is 16.3. The van der Waals surface area contributed by atoms with Gasteiger partial charge in [-0.15, -0.1) is 0 Å². The van der Waals surface area contributed by atoms with Crippen LogP contribution in [0.3, 0.4) is 0 Å². The topological polar surface area (TPSA) is 18.5 Å². The van der Waals surface area contributed by atoms with E-state index in [1.54, 1.807) is 0 Å². The molecule has 1 fully saturated rings.